The van der Waals surface area contributed by atoms with Crippen LogP contribution in [0.4, 0.5) is 0 Å². The summed E-state index contributed by atoms with van der Waals surface area (Å²) in [4.78, 5) is 0. The van der Waals surface area contributed by atoms with Crippen LogP contribution < -0.4 is 4.70 Å². The molecule has 0 rings (SSSR count). The molecule has 0 fully saturated rings. The van der Waals surface area contributed by atoms with Crippen molar-refractivity contribution in [3.63, 3.8) is 0 Å². The van der Waals surface area contributed by atoms with Crippen LogP contribution in [0.1, 0.15) is 0 Å². The van der Waals surface area contributed by atoms with Gasteiger partial charge in [-0.1, -0.05) is 0 Å². The molecule has 0 aliphatic carbocycles. The maximum absolute atomic E-state index is 8.52. The van der Waals surface area contributed by atoms with Crippen molar-refractivity contribution in [2.24, 2.45) is 0 Å². The van der Waals surface area contributed by atoms with E-state index in [4.69, 9.17) is 17.5 Å². The third kappa shape index (κ3) is 331. The molecular formula is FFe2O4S. The zero-order valence-electron chi connectivity index (χ0n) is 3.13. The molecule has 0 aliphatic rings. The average Bonchev–Trinajstić information content (AvgIpc) is 0.722. The molecular weight excluding hydrogens is 227 g/mol. The Kier molecular flexibility index (Phi) is 22.7. The predicted octanol–water partition coefficient (Wildman–Crippen LogP) is -4.34. The molecule has 0 unspecified atom stereocenters. The molecule has 0 saturated carbocycles. The van der Waals surface area contributed by atoms with E-state index in [1.165, 1.54) is 0 Å². The second-order valence-electron chi connectivity index (χ2n) is 0.408. The van der Waals surface area contributed by atoms with Gasteiger partial charge in [0.05, 0.1) is 0 Å². The molecule has 0 N–H and O–H groups in total. The molecule has 0 aliphatic heterocycles. The second kappa shape index (κ2) is 7.84. The van der Waals surface area contributed by atoms with E-state index in [-0.39, 0.29) is 38.8 Å². The summed E-state index contributed by atoms with van der Waals surface area (Å²) in [6, 6.07) is 0. The second-order valence-corrected chi connectivity index (χ2v) is 1.22. The quantitative estimate of drug-likeness (QED) is 0.238. The summed E-state index contributed by atoms with van der Waals surface area (Å²) < 4.78 is 34.1. The van der Waals surface area contributed by atoms with Gasteiger partial charge in [-0.3, -0.25) is 8.42 Å². The molecule has 0 aromatic rings. The van der Waals surface area contributed by atoms with Crippen LogP contribution in [-0.2, 0) is 44.5 Å². The summed E-state index contributed by atoms with van der Waals surface area (Å²) in [6.45, 7) is 0. The van der Waals surface area contributed by atoms with Crippen LogP contribution in [-0.4, -0.2) is 17.5 Å². The zero-order chi connectivity index (χ0) is 4.50. The van der Waals surface area contributed by atoms with Crippen molar-refractivity contribution >= 4 is 10.4 Å². The molecule has 1 radical (unpaired) electrons. The van der Waals surface area contributed by atoms with Crippen LogP contribution in [0, 0.1) is 0 Å². The van der Waals surface area contributed by atoms with Crippen LogP contribution in [0.3, 0.4) is 0 Å². The first-order chi connectivity index (χ1) is 2.00. The van der Waals surface area contributed by atoms with Gasteiger partial charge in [-0.05, 0) is 0 Å². The Hall–Kier alpha value is 0.839. The molecule has 0 aromatic heterocycles. The molecule has 4 nitrogen and oxygen atoms in total. The maximum Gasteiger partial charge on any atom is 3.00 e. The molecule has 0 atom stereocenters. The Morgan fingerprint density at radius 1 is 1.12 bits per heavy atom. The van der Waals surface area contributed by atoms with Gasteiger partial charge in [-0.2, -0.15) is 0 Å². The number of halogens is 1. The molecule has 0 saturated heterocycles. The molecule has 8 heavy (non-hydrogen) atoms. The van der Waals surface area contributed by atoms with Crippen LogP contribution >= 0.6 is 0 Å². The van der Waals surface area contributed by atoms with Gasteiger partial charge in [0.1, 0.15) is 0 Å². The minimum absolute atomic E-state index is 0. The third-order valence-corrected chi connectivity index (χ3v) is 0. The van der Waals surface area contributed by atoms with Gasteiger partial charge in [0.25, 0.3) is 0 Å². The van der Waals surface area contributed by atoms with Crippen molar-refractivity contribution in [2.45, 2.75) is 0 Å². The van der Waals surface area contributed by atoms with Gasteiger partial charge in [0.15, 0.2) is 0 Å². The van der Waals surface area contributed by atoms with Gasteiger partial charge in [-0.15, -0.1) is 0 Å². The average molecular weight is 227 g/mol. The normalized spacial score (nSPS) is 7.25. The van der Waals surface area contributed by atoms with E-state index in [2.05, 4.69) is 0 Å². The van der Waals surface area contributed by atoms with Crippen LogP contribution in [0.25, 0.3) is 0 Å². The minimum atomic E-state index is -5.17. The SMILES string of the molecule is O=S(=O)([O-])[O-].[F-].[Fe+3].[Fe]. The Labute approximate surface area is 66.9 Å². The maximum atomic E-state index is 8.52. The fraction of sp³-hybridized carbons (Fsp3) is 0. The molecule has 53 valence electrons. The van der Waals surface area contributed by atoms with E-state index in [0.717, 1.165) is 0 Å². The van der Waals surface area contributed by atoms with E-state index >= 15 is 0 Å². The Bertz CT molecular complexity index is 97.2. The summed E-state index contributed by atoms with van der Waals surface area (Å²) in [5.41, 5.74) is 0. The standard InChI is InChI=1S/FH.2Fe.H2O4S/c;;;1-5(2,3)4/h1H;;;(H2,1,2,3,4)/q;;+3;/p-3. The van der Waals surface area contributed by atoms with Crippen LogP contribution in [0.2, 0.25) is 0 Å². The Morgan fingerprint density at radius 2 is 1.12 bits per heavy atom. The fourth-order valence-electron chi connectivity index (χ4n) is 0. The number of rotatable bonds is 0. The van der Waals surface area contributed by atoms with E-state index in [1.807, 2.05) is 0 Å². The van der Waals surface area contributed by atoms with E-state index in [9.17, 15) is 0 Å². The molecule has 0 spiro atoms. The topological polar surface area (TPSA) is 80.3 Å². The van der Waals surface area contributed by atoms with E-state index in [0.29, 0.717) is 0 Å². The van der Waals surface area contributed by atoms with Gasteiger partial charge in [0, 0.05) is 27.5 Å². The first kappa shape index (κ1) is 23.2. The van der Waals surface area contributed by atoms with E-state index in [1.54, 1.807) is 0 Å². The van der Waals surface area contributed by atoms with Crippen molar-refractivity contribution in [2.75, 3.05) is 0 Å². The van der Waals surface area contributed by atoms with E-state index < -0.39 is 10.4 Å². The van der Waals surface area contributed by atoms with Crippen LogP contribution in [0.5, 0.6) is 0 Å². The number of hydrogen-bond donors (Lipinski definition) is 0. The minimum Gasteiger partial charge on any atom is -1.00 e. The zero-order valence-corrected chi connectivity index (χ0v) is 6.15. The Balaban J connectivity index is -0.0000000267. The predicted molar refractivity (Wildman–Crippen MR) is 10.5 cm³/mol. The van der Waals surface area contributed by atoms with Gasteiger partial charge in [0.2, 0.25) is 0 Å². The molecule has 0 bridgehead atoms. The number of hydrogen-bond acceptors (Lipinski definition) is 4. The fourth-order valence-corrected chi connectivity index (χ4v) is 0. The third-order valence-electron chi connectivity index (χ3n) is 0. The van der Waals surface area contributed by atoms with Gasteiger partial charge >= 0.3 is 17.1 Å². The van der Waals surface area contributed by atoms with Gasteiger partial charge < -0.3 is 13.8 Å². The van der Waals surface area contributed by atoms with Crippen molar-refractivity contribution < 1.29 is 56.4 Å². The van der Waals surface area contributed by atoms with Gasteiger partial charge in [-0.25, -0.2) is 0 Å². The summed E-state index contributed by atoms with van der Waals surface area (Å²) in [6.07, 6.45) is 0. The smallest absolute Gasteiger partial charge is 1.00 e. The molecule has 8 heteroatoms. The summed E-state index contributed by atoms with van der Waals surface area (Å²) in [7, 11) is -5.17. The molecule has 0 amide bonds. The molecule has 0 heterocycles. The first-order valence-electron chi connectivity index (χ1n) is 0.667. The van der Waals surface area contributed by atoms with Crippen molar-refractivity contribution in [1.29, 1.82) is 0 Å². The van der Waals surface area contributed by atoms with Crippen molar-refractivity contribution in [3.05, 3.63) is 0 Å². The largest absolute Gasteiger partial charge is 3.00 e. The summed E-state index contributed by atoms with van der Waals surface area (Å²) in [5.74, 6) is 0. The Morgan fingerprint density at radius 3 is 1.12 bits per heavy atom. The monoisotopic (exact) mass is 227 g/mol. The summed E-state index contributed by atoms with van der Waals surface area (Å²) in [5, 5.41) is 0. The first-order valence-corrected chi connectivity index (χ1v) is 2.00. The summed E-state index contributed by atoms with van der Waals surface area (Å²) >= 11 is 0. The van der Waals surface area contributed by atoms with Crippen molar-refractivity contribution in [1.82, 2.24) is 0 Å². The van der Waals surface area contributed by atoms with Crippen molar-refractivity contribution in [3.8, 4) is 0 Å². The van der Waals surface area contributed by atoms with Crippen LogP contribution in [0.15, 0.2) is 0 Å². The molecule has 0 aromatic carbocycles.